The highest BCUT2D eigenvalue weighted by molar-refractivity contribution is 5.80. The Morgan fingerprint density at radius 3 is 2.32 bits per heavy atom. The first-order valence-electron chi connectivity index (χ1n) is 8.45. The van der Waals surface area contributed by atoms with Crippen molar-refractivity contribution in [2.45, 2.75) is 20.4 Å². The fraction of sp³-hybridized carbons (Fsp3) is 0.250. The van der Waals surface area contributed by atoms with Crippen LogP contribution in [0.2, 0.25) is 0 Å². The van der Waals surface area contributed by atoms with Crippen LogP contribution in [0.3, 0.4) is 0 Å². The summed E-state index contributed by atoms with van der Waals surface area (Å²) in [6.45, 7) is 5.58. The van der Waals surface area contributed by atoms with Crippen molar-refractivity contribution < 1.29 is 9.47 Å². The predicted molar refractivity (Wildman–Crippen MR) is 101 cm³/mol. The molecule has 3 aromatic rings. The summed E-state index contributed by atoms with van der Waals surface area (Å²) in [7, 11) is 0. The molecule has 0 aliphatic carbocycles. The molecule has 3 rings (SSSR count). The van der Waals surface area contributed by atoms with Crippen LogP contribution in [-0.2, 0) is 6.54 Å². The van der Waals surface area contributed by atoms with Crippen molar-refractivity contribution in [3.63, 3.8) is 0 Å². The summed E-state index contributed by atoms with van der Waals surface area (Å²) in [5.74, 6) is 1.59. The highest BCUT2D eigenvalue weighted by Gasteiger charge is 2.05. The van der Waals surface area contributed by atoms with Crippen molar-refractivity contribution in [1.29, 1.82) is 0 Å². The Balaban J connectivity index is 1.75. The number of fused-ring (bicyclic) bond motifs is 1. The van der Waals surface area contributed by atoms with E-state index in [0.29, 0.717) is 25.3 Å². The molecular weight excluding hydrogens is 316 g/mol. The lowest BCUT2D eigenvalue weighted by Gasteiger charge is -2.09. The Kier molecular flexibility index (Phi) is 5.23. The highest BCUT2D eigenvalue weighted by Crippen LogP contribution is 2.20. The van der Waals surface area contributed by atoms with Gasteiger partial charge >= 0.3 is 0 Å². The number of anilines is 1. The van der Waals surface area contributed by atoms with Crippen LogP contribution in [-0.4, -0.2) is 18.2 Å². The second-order valence-corrected chi connectivity index (χ2v) is 5.62. The summed E-state index contributed by atoms with van der Waals surface area (Å²) >= 11 is 0. The Morgan fingerprint density at radius 2 is 1.60 bits per heavy atom. The fourth-order valence-electron chi connectivity index (χ4n) is 2.65. The first-order chi connectivity index (χ1) is 12.2. The molecule has 0 fully saturated rings. The van der Waals surface area contributed by atoms with Crippen LogP contribution in [0.1, 0.15) is 19.4 Å². The normalized spacial score (nSPS) is 10.6. The van der Waals surface area contributed by atoms with Gasteiger partial charge in [-0.1, -0.05) is 0 Å². The zero-order valence-electron chi connectivity index (χ0n) is 14.5. The number of nitrogens with one attached hydrogen (secondary N) is 2. The van der Waals surface area contributed by atoms with Gasteiger partial charge in [-0.15, -0.1) is 0 Å². The van der Waals surface area contributed by atoms with Crippen molar-refractivity contribution in [2.24, 2.45) is 0 Å². The number of hydrogen-bond acceptors (Lipinski definition) is 4. The van der Waals surface area contributed by atoms with Gasteiger partial charge in [0.15, 0.2) is 0 Å². The zero-order chi connectivity index (χ0) is 17.6. The summed E-state index contributed by atoms with van der Waals surface area (Å²) in [5, 5.41) is 4.25. The van der Waals surface area contributed by atoms with Gasteiger partial charge in [-0.3, -0.25) is 4.79 Å². The van der Waals surface area contributed by atoms with E-state index in [0.717, 1.165) is 28.1 Å². The topological polar surface area (TPSA) is 63.4 Å². The number of rotatable bonds is 7. The van der Waals surface area contributed by atoms with Gasteiger partial charge in [0, 0.05) is 23.9 Å². The van der Waals surface area contributed by atoms with Crippen LogP contribution in [0.15, 0.2) is 53.3 Å². The second kappa shape index (κ2) is 7.75. The summed E-state index contributed by atoms with van der Waals surface area (Å²) < 4.78 is 10.9. The summed E-state index contributed by atoms with van der Waals surface area (Å²) in [6.07, 6.45) is 0. The number of hydrogen-bond donors (Lipinski definition) is 2. The largest absolute Gasteiger partial charge is 0.494 e. The van der Waals surface area contributed by atoms with E-state index in [4.69, 9.17) is 9.47 Å². The Labute approximate surface area is 146 Å². The number of H-pyrrole nitrogens is 1. The summed E-state index contributed by atoms with van der Waals surface area (Å²) in [5.41, 5.74) is 2.31. The molecule has 2 N–H and O–H groups in total. The highest BCUT2D eigenvalue weighted by atomic mass is 16.5. The van der Waals surface area contributed by atoms with Crippen molar-refractivity contribution in [3.05, 3.63) is 64.4 Å². The van der Waals surface area contributed by atoms with E-state index in [-0.39, 0.29) is 5.56 Å². The molecule has 0 unspecified atom stereocenters. The van der Waals surface area contributed by atoms with Crippen LogP contribution in [0.4, 0.5) is 5.69 Å². The molecule has 0 spiro atoms. The lowest BCUT2D eigenvalue weighted by atomic mass is 10.1. The molecule has 0 atom stereocenters. The van der Waals surface area contributed by atoms with Crippen molar-refractivity contribution >= 4 is 16.6 Å². The zero-order valence-corrected chi connectivity index (χ0v) is 14.5. The Morgan fingerprint density at radius 1 is 0.920 bits per heavy atom. The molecule has 0 saturated carbocycles. The van der Waals surface area contributed by atoms with E-state index < -0.39 is 0 Å². The average Bonchev–Trinajstić information content (AvgIpc) is 2.62. The maximum absolute atomic E-state index is 12.3. The molecule has 0 bridgehead atoms. The fourth-order valence-corrected chi connectivity index (χ4v) is 2.65. The molecule has 130 valence electrons. The van der Waals surface area contributed by atoms with Crippen molar-refractivity contribution in [3.8, 4) is 11.5 Å². The van der Waals surface area contributed by atoms with Gasteiger partial charge in [-0.2, -0.15) is 0 Å². The molecule has 0 amide bonds. The van der Waals surface area contributed by atoms with Gasteiger partial charge < -0.3 is 19.8 Å². The SMILES string of the molecule is CCOc1ccc(NCc2cc3ccc(OCC)cc3[nH]c2=O)cc1. The van der Waals surface area contributed by atoms with Crippen molar-refractivity contribution in [2.75, 3.05) is 18.5 Å². The van der Waals surface area contributed by atoms with Gasteiger partial charge in [0.05, 0.1) is 18.7 Å². The van der Waals surface area contributed by atoms with Gasteiger partial charge in [-0.05, 0) is 61.7 Å². The molecule has 25 heavy (non-hydrogen) atoms. The number of aromatic nitrogens is 1. The minimum Gasteiger partial charge on any atom is -0.494 e. The second-order valence-electron chi connectivity index (χ2n) is 5.62. The van der Waals surface area contributed by atoms with E-state index in [1.807, 2.05) is 62.4 Å². The maximum atomic E-state index is 12.3. The number of pyridine rings is 1. The van der Waals surface area contributed by atoms with Crippen LogP contribution >= 0.6 is 0 Å². The van der Waals surface area contributed by atoms with Gasteiger partial charge in [0.25, 0.3) is 5.56 Å². The standard InChI is InChI=1S/C20H22N2O3/c1-3-24-17-9-6-16(7-10-17)21-13-15-11-14-5-8-18(25-4-2)12-19(14)22-20(15)23/h5-12,21H,3-4,13H2,1-2H3,(H,22,23). The van der Waals surface area contributed by atoms with E-state index in [1.54, 1.807) is 0 Å². The minimum atomic E-state index is -0.0976. The number of ether oxygens (including phenoxy) is 2. The maximum Gasteiger partial charge on any atom is 0.253 e. The average molecular weight is 338 g/mol. The molecule has 0 aliphatic heterocycles. The molecule has 0 saturated heterocycles. The van der Waals surface area contributed by atoms with Gasteiger partial charge in [0.1, 0.15) is 11.5 Å². The van der Waals surface area contributed by atoms with Crippen LogP contribution in [0.5, 0.6) is 11.5 Å². The number of benzene rings is 2. The third kappa shape index (κ3) is 4.12. The minimum absolute atomic E-state index is 0.0976. The molecule has 5 heteroatoms. The van der Waals surface area contributed by atoms with Crippen molar-refractivity contribution in [1.82, 2.24) is 4.98 Å². The lowest BCUT2D eigenvalue weighted by molar-refractivity contribution is 0.340. The first kappa shape index (κ1) is 16.9. The van der Waals surface area contributed by atoms with Crippen LogP contribution in [0.25, 0.3) is 10.9 Å². The molecule has 0 aliphatic rings. The Bertz CT molecular complexity index is 901. The van der Waals surface area contributed by atoms with Gasteiger partial charge in [-0.25, -0.2) is 0 Å². The third-order valence-electron chi connectivity index (χ3n) is 3.85. The van der Waals surface area contributed by atoms with E-state index in [1.165, 1.54) is 0 Å². The molecule has 1 aromatic heterocycles. The number of aromatic amines is 1. The predicted octanol–water partition coefficient (Wildman–Crippen LogP) is 3.94. The molecule has 1 heterocycles. The first-order valence-corrected chi connectivity index (χ1v) is 8.45. The lowest BCUT2D eigenvalue weighted by Crippen LogP contribution is -2.15. The van der Waals surface area contributed by atoms with Gasteiger partial charge in [0.2, 0.25) is 0 Å². The molecular formula is C20H22N2O3. The van der Waals surface area contributed by atoms with E-state index >= 15 is 0 Å². The van der Waals surface area contributed by atoms with Crippen LogP contribution < -0.4 is 20.3 Å². The smallest absolute Gasteiger partial charge is 0.253 e. The van der Waals surface area contributed by atoms with E-state index in [2.05, 4.69) is 10.3 Å². The van der Waals surface area contributed by atoms with Crippen LogP contribution in [0, 0.1) is 0 Å². The molecule has 5 nitrogen and oxygen atoms in total. The summed E-state index contributed by atoms with van der Waals surface area (Å²) in [4.78, 5) is 15.2. The monoisotopic (exact) mass is 338 g/mol. The van der Waals surface area contributed by atoms with E-state index in [9.17, 15) is 4.79 Å². The molecule has 2 aromatic carbocycles. The quantitative estimate of drug-likeness (QED) is 0.685. The summed E-state index contributed by atoms with van der Waals surface area (Å²) in [6, 6.07) is 15.3. The molecule has 0 radical (unpaired) electrons. The Hall–Kier alpha value is -2.95. The third-order valence-corrected chi connectivity index (χ3v) is 3.85.